The van der Waals surface area contributed by atoms with Gasteiger partial charge in [-0.05, 0) is 48.5 Å². The third kappa shape index (κ3) is 4.19. The lowest BCUT2D eigenvalue weighted by atomic mass is 10.1. The summed E-state index contributed by atoms with van der Waals surface area (Å²) in [6, 6.07) is 26.2. The first-order valence-corrected chi connectivity index (χ1v) is 10.4. The first kappa shape index (κ1) is 18.1. The number of rotatable bonds is 5. The van der Waals surface area contributed by atoms with Crippen molar-refractivity contribution in [3.63, 3.8) is 0 Å². The van der Waals surface area contributed by atoms with Gasteiger partial charge in [0.05, 0.1) is 17.0 Å². The van der Waals surface area contributed by atoms with Crippen molar-refractivity contribution in [1.82, 2.24) is 4.98 Å². The fraction of sp³-hybridized carbons (Fsp3) is 0.0455. The molecule has 3 aromatic carbocycles. The number of benzene rings is 3. The predicted octanol–water partition coefficient (Wildman–Crippen LogP) is 7.29. The summed E-state index contributed by atoms with van der Waals surface area (Å²) < 4.78 is 6.44. The molecule has 0 aliphatic rings. The van der Waals surface area contributed by atoms with Crippen molar-refractivity contribution < 1.29 is 4.74 Å². The maximum atomic E-state index is 6.02. The molecule has 0 radical (unpaired) electrons. The maximum absolute atomic E-state index is 6.02. The van der Waals surface area contributed by atoms with Crippen LogP contribution in [0.15, 0.2) is 88.0 Å². The van der Waals surface area contributed by atoms with Crippen LogP contribution in [0.2, 0.25) is 5.02 Å². The van der Waals surface area contributed by atoms with Crippen molar-refractivity contribution in [3.05, 3.63) is 83.9 Å². The number of methoxy groups -OCH3 is 1. The largest absolute Gasteiger partial charge is 0.497 e. The minimum absolute atomic E-state index is 0.740. The molecule has 1 heterocycles. The summed E-state index contributed by atoms with van der Waals surface area (Å²) in [6.07, 6.45) is 0. The van der Waals surface area contributed by atoms with Crippen molar-refractivity contribution in [2.75, 3.05) is 7.11 Å². The molecule has 2 nitrogen and oxygen atoms in total. The summed E-state index contributed by atoms with van der Waals surface area (Å²) >= 11 is 9.44. The first-order valence-electron chi connectivity index (χ1n) is 8.37. The molecular weight excluding hydrogens is 394 g/mol. The number of ether oxygens (including phenoxy) is 1. The van der Waals surface area contributed by atoms with Gasteiger partial charge < -0.3 is 4.74 Å². The van der Waals surface area contributed by atoms with Crippen LogP contribution < -0.4 is 4.74 Å². The lowest BCUT2D eigenvalue weighted by Gasteiger charge is -2.04. The van der Waals surface area contributed by atoms with Crippen LogP contribution >= 0.6 is 34.7 Å². The normalized spacial score (nSPS) is 10.7. The van der Waals surface area contributed by atoms with Gasteiger partial charge in [0.1, 0.15) is 10.8 Å². The average Bonchev–Trinajstić information content (AvgIpc) is 3.14. The van der Waals surface area contributed by atoms with Crippen molar-refractivity contribution >= 4 is 34.7 Å². The van der Waals surface area contributed by atoms with Crippen LogP contribution in [0, 0.1) is 0 Å². The summed E-state index contributed by atoms with van der Waals surface area (Å²) in [4.78, 5) is 6.09. The standard InChI is InChI=1S/C22H16ClNOS2/c1-25-18-11-7-15(8-12-18)20-22(26-19-13-9-17(23)10-14-19)27-21(24-20)16-5-3-2-4-6-16/h2-14H,1H3. The number of halogens is 1. The summed E-state index contributed by atoms with van der Waals surface area (Å²) in [5.74, 6) is 0.837. The number of nitrogens with zero attached hydrogens (tertiary/aromatic N) is 1. The highest BCUT2D eigenvalue weighted by Crippen LogP contribution is 2.43. The molecule has 27 heavy (non-hydrogen) atoms. The van der Waals surface area contributed by atoms with Gasteiger partial charge in [-0.2, -0.15) is 0 Å². The van der Waals surface area contributed by atoms with Gasteiger partial charge in [-0.15, -0.1) is 11.3 Å². The third-order valence-electron chi connectivity index (χ3n) is 4.00. The van der Waals surface area contributed by atoms with Gasteiger partial charge in [0.2, 0.25) is 0 Å². The van der Waals surface area contributed by atoms with E-state index < -0.39 is 0 Å². The molecule has 134 valence electrons. The quantitative estimate of drug-likeness (QED) is 0.345. The van der Waals surface area contributed by atoms with E-state index in [-0.39, 0.29) is 0 Å². The lowest BCUT2D eigenvalue weighted by Crippen LogP contribution is -1.84. The second-order valence-electron chi connectivity index (χ2n) is 5.81. The fourth-order valence-corrected chi connectivity index (χ4v) is 5.01. The zero-order chi connectivity index (χ0) is 18.6. The SMILES string of the molecule is COc1ccc(-c2nc(-c3ccccc3)sc2Sc2ccc(Cl)cc2)cc1. The highest BCUT2D eigenvalue weighted by Gasteiger charge is 2.16. The Morgan fingerprint density at radius 2 is 1.56 bits per heavy atom. The van der Waals surface area contributed by atoms with Crippen LogP contribution in [0.3, 0.4) is 0 Å². The van der Waals surface area contributed by atoms with Gasteiger partial charge in [-0.25, -0.2) is 4.98 Å². The molecule has 0 saturated heterocycles. The third-order valence-corrected chi connectivity index (χ3v) is 6.54. The second kappa shape index (κ2) is 8.17. The van der Waals surface area contributed by atoms with E-state index in [9.17, 15) is 0 Å². The fourth-order valence-electron chi connectivity index (χ4n) is 2.62. The molecule has 0 N–H and O–H groups in total. The van der Waals surface area contributed by atoms with Crippen molar-refractivity contribution in [3.8, 4) is 27.6 Å². The molecule has 0 atom stereocenters. The van der Waals surface area contributed by atoms with Gasteiger partial charge in [0.25, 0.3) is 0 Å². The van der Waals surface area contributed by atoms with E-state index in [4.69, 9.17) is 21.3 Å². The van der Waals surface area contributed by atoms with Crippen molar-refractivity contribution in [2.24, 2.45) is 0 Å². The van der Waals surface area contributed by atoms with Gasteiger partial charge >= 0.3 is 0 Å². The Labute approximate surface area is 171 Å². The Kier molecular flexibility index (Phi) is 5.48. The molecule has 4 rings (SSSR count). The lowest BCUT2D eigenvalue weighted by molar-refractivity contribution is 0.415. The zero-order valence-corrected chi connectivity index (χ0v) is 16.9. The number of hydrogen-bond donors (Lipinski definition) is 0. The summed E-state index contributed by atoms with van der Waals surface area (Å²) in [5, 5.41) is 1.75. The van der Waals surface area contributed by atoms with Gasteiger partial charge in [-0.3, -0.25) is 0 Å². The number of thiazole rings is 1. The van der Waals surface area contributed by atoms with Crippen molar-refractivity contribution in [1.29, 1.82) is 0 Å². The zero-order valence-electron chi connectivity index (χ0n) is 14.6. The van der Waals surface area contributed by atoms with Crippen LogP contribution in [-0.2, 0) is 0 Å². The molecule has 0 aliphatic heterocycles. The van der Waals surface area contributed by atoms with E-state index in [1.807, 2.05) is 54.6 Å². The van der Waals surface area contributed by atoms with Crippen LogP contribution in [0.4, 0.5) is 0 Å². The van der Waals surface area contributed by atoms with E-state index in [1.165, 1.54) is 0 Å². The average molecular weight is 410 g/mol. The van der Waals surface area contributed by atoms with Crippen molar-refractivity contribution in [2.45, 2.75) is 9.10 Å². The van der Waals surface area contributed by atoms with E-state index in [0.717, 1.165) is 41.7 Å². The van der Waals surface area contributed by atoms with Gasteiger partial charge in [0.15, 0.2) is 0 Å². The second-order valence-corrected chi connectivity index (χ2v) is 8.58. The Hall–Kier alpha value is -2.27. The number of hydrogen-bond acceptors (Lipinski definition) is 4. The Balaban J connectivity index is 1.76. The molecule has 0 spiro atoms. The Morgan fingerprint density at radius 3 is 2.22 bits per heavy atom. The smallest absolute Gasteiger partial charge is 0.125 e. The maximum Gasteiger partial charge on any atom is 0.125 e. The van der Waals surface area contributed by atoms with Crippen LogP contribution in [0.25, 0.3) is 21.8 Å². The molecule has 0 bridgehead atoms. The molecule has 0 unspecified atom stereocenters. The molecule has 4 aromatic rings. The van der Waals surface area contributed by atoms with E-state index in [0.29, 0.717) is 0 Å². The first-order chi connectivity index (χ1) is 13.2. The highest BCUT2D eigenvalue weighted by atomic mass is 35.5. The molecule has 5 heteroatoms. The van der Waals surface area contributed by atoms with E-state index >= 15 is 0 Å². The van der Waals surface area contributed by atoms with Crippen LogP contribution in [0.1, 0.15) is 0 Å². The summed E-state index contributed by atoms with van der Waals surface area (Å²) in [7, 11) is 1.67. The van der Waals surface area contributed by atoms with E-state index in [2.05, 4.69) is 24.3 Å². The monoisotopic (exact) mass is 409 g/mol. The van der Waals surface area contributed by atoms with Crippen LogP contribution in [-0.4, -0.2) is 12.1 Å². The summed E-state index contributed by atoms with van der Waals surface area (Å²) in [6.45, 7) is 0. The molecule has 1 aromatic heterocycles. The van der Waals surface area contributed by atoms with Gasteiger partial charge in [0, 0.05) is 21.0 Å². The Bertz CT molecular complexity index is 1030. The minimum Gasteiger partial charge on any atom is -0.497 e. The highest BCUT2D eigenvalue weighted by molar-refractivity contribution is 8.01. The van der Waals surface area contributed by atoms with Gasteiger partial charge in [-0.1, -0.05) is 53.7 Å². The Morgan fingerprint density at radius 1 is 0.852 bits per heavy atom. The predicted molar refractivity (Wildman–Crippen MR) is 115 cm³/mol. The molecule has 0 fully saturated rings. The molecular formula is C22H16ClNOS2. The summed E-state index contributed by atoms with van der Waals surface area (Å²) in [5.41, 5.74) is 3.19. The topological polar surface area (TPSA) is 22.1 Å². The minimum atomic E-state index is 0.740. The molecule has 0 amide bonds. The van der Waals surface area contributed by atoms with E-state index in [1.54, 1.807) is 30.2 Å². The van der Waals surface area contributed by atoms with Crippen LogP contribution in [0.5, 0.6) is 5.75 Å². The molecule has 0 aliphatic carbocycles. The number of aromatic nitrogens is 1. The molecule has 0 saturated carbocycles.